The van der Waals surface area contributed by atoms with Gasteiger partial charge < -0.3 is 9.47 Å². The highest BCUT2D eigenvalue weighted by Crippen LogP contribution is 2.33. The van der Waals surface area contributed by atoms with E-state index in [1.54, 1.807) is 18.4 Å². The van der Waals surface area contributed by atoms with Gasteiger partial charge in [0.05, 0.1) is 25.5 Å². The monoisotopic (exact) mass is 458 g/mol. The maximum Gasteiger partial charge on any atom is 0.189 e. The first-order chi connectivity index (χ1) is 13.7. The van der Waals surface area contributed by atoms with E-state index < -0.39 is 0 Å². The second-order valence-electron chi connectivity index (χ2n) is 6.89. The van der Waals surface area contributed by atoms with Crippen molar-refractivity contribution in [1.29, 1.82) is 0 Å². The second kappa shape index (κ2) is 8.64. The lowest BCUT2D eigenvalue weighted by molar-refractivity contribution is 0.117. The predicted octanol–water partition coefficient (Wildman–Crippen LogP) is 5.37. The van der Waals surface area contributed by atoms with Crippen LogP contribution in [0.1, 0.15) is 18.4 Å². The largest absolute Gasteiger partial charge is 0.496 e. The number of hydrogen-bond acceptors (Lipinski definition) is 4. The molecule has 6 heteroatoms. The van der Waals surface area contributed by atoms with Crippen molar-refractivity contribution in [2.45, 2.75) is 25.9 Å². The summed E-state index contributed by atoms with van der Waals surface area (Å²) in [5.74, 6) is 0.861. The van der Waals surface area contributed by atoms with Crippen molar-refractivity contribution >= 4 is 27.3 Å². The third-order valence-electron chi connectivity index (χ3n) is 4.88. The minimum absolute atomic E-state index is 0.234. The summed E-state index contributed by atoms with van der Waals surface area (Å²) in [6.07, 6.45) is 2.45. The highest BCUT2D eigenvalue weighted by Gasteiger charge is 2.17. The van der Waals surface area contributed by atoms with E-state index in [1.807, 2.05) is 6.07 Å². The summed E-state index contributed by atoms with van der Waals surface area (Å²) >= 11 is 5.18. The molecule has 3 aromatic rings. The highest BCUT2D eigenvalue weighted by molar-refractivity contribution is 9.10. The summed E-state index contributed by atoms with van der Waals surface area (Å²) in [6, 6.07) is 14.6. The first-order valence-electron chi connectivity index (χ1n) is 9.39. The molecule has 1 aliphatic heterocycles. The Labute approximate surface area is 177 Å². The Morgan fingerprint density at radius 3 is 2.79 bits per heavy atom. The molecule has 0 N–H and O–H groups in total. The fourth-order valence-corrected chi connectivity index (χ4v) is 4.61. The molecular formula is C22H23BrN2O2S. The zero-order valence-electron chi connectivity index (χ0n) is 16.0. The predicted molar refractivity (Wildman–Crippen MR) is 117 cm³/mol. The fourth-order valence-electron chi connectivity index (χ4n) is 3.44. The Bertz CT molecular complexity index is 1020. The van der Waals surface area contributed by atoms with Gasteiger partial charge in [-0.15, -0.1) is 11.3 Å². The molecule has 28 heavy (non-hydrogen) atoms. The molecule has 4 rings (SSSR count). The standard InChI is InChI=1S/C22H23BrN2O2S/c1-15-5-10-21(26-2)19(12-15)20-14-28-22(24-13-18-4-3-11-27-18)25(20)17-8-6-16(23)7-9-17/h5-10,12,14,18H,3-4,11,13H2,1-2H3. The van der Waals surface area contributed by atoms with Gasteiger partial charge in [-0.3, -0.25) is 9.56 Å². The highest BCUT2D eigenvalue weighted by atomic mass is 79.9. The van der Waals surface area contributed by atoms with Gasteiger partial charge >= 0.3 is 0 Å². The zero-order valence-corrected chi connectivity index (χ0v) is 18.4. The average Bonchev–Trinajstić information content (AvgIpc) is 3.36. The van der Waals surface area contributed by atoms with Crippen LogP contribution in [-0.2, 0) is 4.74 Å². The number of rotatable bonds is 5. The van der Waals surface area contributed by atoms with Crippen molar-refractivity contribution in [3.8, 4) is 22.7 Å². The smallest absolute Gasteiger partial charge is 0.189 e. The summed E-state index contributed by atoms with van der Waals surface area (Å²) in [5.41, 5.74) is 4.43. The first-order valence-corrected chi connectivity index (χ1v) is 11.1. The van der Waals surface area contributed by atoms with E-state index >= 15 is 0 Å². The van der Waals surface area contributed by atoms with Gasteiger partial charge in [0.15, 0.2) is 4.80 Å². The Morgan fingerprint density at radius 1 is 1.25 bits per heavy atom. The Morgan fingerprint density at radius 2 is 2.07 bits per heavy atom. The molecule has 0 bridgehead atoms. The van der Waals surface area contributed by atoms with Crippen LogP contribution in [0.5, 0.6) is 5.75 Å². The molecule has 1 saturated heterocycles. The molecule has 1 aliphatic rings. The molecule has 0 spiro atoms. The summed E-state index contributed by atoms with van der Waals surface area (Å²) in [5, 5.41) is 2.16. The van der Waals surface area contributed by atoms with Crippen LogP contribution in [0, 0.1) is 6.92 Å². The SMILES string of the molecule is COc1ccc(C)cc1-c1csc(=NCC2CCCO2)n1-c1ccc(Br)cc1. The van der Waals surface area contributed by atoms with Gasteiger partial charge in [-0.1, -0.05) is 27.6 Å². The van der Waals surface area contributed by atoms with Crippen LogP contribution >= 0.6 is 27.3 Å². The Balaban J connectivity index is 1.86. The third kappa shape index (κ3) is 4.09. The maximum absolute atomic E-state index is 5.76. The fraction of sp³-hybridized carbons (Fsp3) is 0.318. The van der Waals surface area contributed by atoms with E-state index in [-0.39, 0.29) is 6.10 Å². The number of aryl methyl sites for hydroxylation is 1. The molecule has 0 saturated carbocycles. The van der Waals surface area contributed by atoms with E-state index in [1.165, 1.54) is 5.56 Å². The normalized spacial score (nSPS) is 17.2. The third-order valence-corrected chi connectivity index (χ3v) is 6.27. The van der Waals surface area contributed by atoms with E-state index in [0.717, 1.165) is 51.4 Å². The van der Waals surface area contributed by atoms with Crippen LogP contribution in [0.25, 0.3) is 16.9 Å². The lowest BCUT2D eigenvalue weighted by Gasteiger charge is -2.13. The summed E-state index contributed by atoms with van der Waals surface area (Å²) < 4.78 is 14.7. The van der Waals surface area contributed by atoms with Gasteiger partial charge in [0.2, 0.25) is 0 Å². The number of aromatic nitrogens is 1. The number of nitrogens with zero attached hydrogens (tertiary/aromatic N) is 2. The zero-order chi connectivity index (χ0) is 19.5. The van der Waals surface area contributed by atoms with Crippen molar-refractivity contribution in [3.05, 3.63) is 62.7 Å². The maximum atomic E-state index is 5.76. The molecule has 1 atom stereocenters. The van der Waals surface area contributed by atoms with Crippen molar-refractivity contribution < 1.29 is 9.47 Å². The molecule has 0 radical (unpaired) electrons. The lowest BCUT2D eigenvalue weighted by atomic mass is 10.1. The number of ether oxygens (including phenoxy) is 2. The summed E-state index contributed by atoms with van der Waals surface area (Å²) in [4.78, 5) is 5.88. The van der Waals surface area contributed by atoms with E-state index in [4.69, 9.17) is 14.5 Å². The molecule has 0 aliphatic carbocycles. The summed E-state index contributed by atoms with van der Waals surface area (Å²) in [7, 11) is 1.72. The van der Waals surface area contributed by atoms with Crippen LogP contribution < -0.4 is 9.54 Å². The van der Waals surface area contributed by atoms with Gasteiger partial charge in [0.1, 0.15) is 5.75 Å². The van der Waals surface area contributed by atoms with Crippen LogP contribution in [-0.4, -0.2) is 30.9 Å². The number of thiazole rings is 1. The van der Waals surface area contributed by atoms with Crippen LogP contribution in [0.4, 0.5) is 0 Å². The first kappa shape index (κ1) is 19.4. The minimum Gasteiger partial charge on any atom is -0.496 e. The van der Waals surface area contributed by atoms with Gasteiger partial charge in [-0.25, -0.2) is 0 Å². The van der Waals surface area contributed by atoms with Gasteiger partial charge in [0, 0.05) is 27.7 Å². The minimum atomic E-state index is 0.234. The van der Waals surface area contributed by atoms with Crippen molar-refractivity contribution in [3.63, 3.8) is 0 Å². The quantitative estimate of drug-likeness (QED) is 0.515. The van der Waals surface area contributed by atoms with Gasteiger partial charge in [-0.05, 0) is 56.2 Å². The average molecular weight is 459 g/mol. The molecule has 146 valence electrons. The number of methoxy groups -OCH3 is 1. The Kier molecular flexibility index (Phi) is 5.99. The lowest BCUT2D eigenvalue weighted by Crippen LogP contribution is -2.18. The van der Waals surface area contributed by atoms with Gasteiger partial charge in [0.25, 0.3) is 0 Å². The molecule has 2 heterocycles. The van der Waals surface area contributed by atoms with E-state index in [0.29, 0.717) is 6.54 Å². The van der Waals surface area contributed by atoms with Gasteiger partial charge in [-0.2, -0.15) is 0 Å². The number of benzene rings is 2. The molecule has 1 aromatic heterocycles. The molecule has 0 amide bonds. The number of hydrogen-bond donors (Lipinski definition) is 0. The molecule has 1 unspecified atom stereocenters. The van der Waals surface area contributed by atoms with Crippen molar-refractivity contribution in [1.82, 2.24) is 4.57 Å². The summed E-state index contributed by atoms with van der Waals surface area (Å²) in [6.45, 7) is 3.65. The molecule has 2 aromatic carbocycles. The molecular weight excluding hydrogens is 436 g/mol. The van der Waals surface area contributed by atoms with E-state index in [2.05, 4.69) is 69.2 Å². The van der Waals surface area contributed by atoms with Crippen molar-refractivity contribution in [2.75, 3.05) is 20.3 Å². The van der Waals surface area contributed by atoms with Crippen LogP contribution in [0.15, 0.2) is 57.3 Å². The number of halogens is 1. The van der Waals surface area contributed by atoms with Crippen LogP contribution in [0.2, 0.25) is 0 Å². The topological polar surface area (TPSA) is 35.8 Å². The van der Waals surface area contributed by atoms with E-state index in [9.17, 15) is 0 Å². The van der Waals surface area contributed by atoms with Crippen molar-refractivity contribution in [2.24, 2.45) is 4.99 Å². The molecule has 4 nitrogen and oxygen atoms in total. The molecule has 1 fully saturated rings. The Hall–Kier alpha value is -1.89. The van der Waals surface area contributed by atoms with Crippen LogP contribution in [0.3, 0.4) is 0 Å². The second-order valence-corrected chi connectivity index (χ2v) is 8.65.